The van der Waals surface area contributed by atoms with E-state index in [-0.39, 0.29) is 5.69 Å². The Labute approximate surface area is 113 Å². The lowest BCUT2D eigenvalue weighted by Crippen LogP contribution is -1.90. The van der Waals surface area contributed by atoms with E-state index in [1.807, 2.05) is 12.1 Å². The summed E-state index contributed by atoms with van der Waals surface area (Å²) in [6, 6.07) is 11.5. The first kappa shape index (κ1) is 12.0. The van der Waals surface area contributed by atoms with E-state index in [0.29, 0.717) is 28.9 Å². The quantitative estimate of drug-likeness (QED) is 0.415. The minimum Gasteiger partial charge on any atom is -0.299 e. The maximum absolute atomic E-state index is 11.0. The van der Waals surface area contributed by atoms with E-state index in [0.717, 1.165) is 0 Å². The number of aromatic nitrogens is 2. The van der Waals surface area contributed by atoms with Gasteiger partial charge in [0.1, 0.15) is 11.5 Å². The molecule has 6 nitrogen and oxygen atoms in total. The Morgan fingerprint density at radius 2 is 1.90 bits per heavy atom. The molecule has 0 spiro atoms. The number of carbonyl (C=O) groups excluding carboxylic acids is 1. The summed E-state index contributed by atoms with van der Waals surface area (Å²) in [4.78, 5) is 25.5. The van der Waals surface area contributed by atoms with Crippen LogP contribution in [0.4, 0.5) is 5.69 Å². The molecule has 0 aliphatic heterocycles. The van der Waals surface area contributed by atoms with Gasteiger partial charge >= 0.3 is 0 Å². The van der Waals surface area contributed by atoms with Crippen LogP contribution in [-0.4, -0.2) is 20.6 Å². The molecule has 0 fully saturated rings. The summed E-state index contributed by atoms with van der Waals surface area (Å²) in [6.45, 7) is 0. The van der Waals surface area contributed by atoms with E-state index >= 15 is 0 Å². The van der Waals surface area contributed by atoms with Crippen LogP contribution in [-0.2, 0) is 0 Å². The van der Waals surface area contributed by atoms with E-state index in [1.54, 1.807) is 28.8 Å². The number of imidazole rings is 1. The SMILES string of the molecule is O=Cc1nc(-c2ccc([N+](=O)[O-])cc2)n2ccccc12. The highest BCUT2D eigenvalue weighted by molar-refractivity contribution is 5.86. The second-order valence-electron chi connectivity index (χ2n) is 4.20. The highest BCUT2D eigenvalue weighted by Crippen LogP contribution is 2.24. The average molecular weight is 267 g/mol. The number of rotatable bonds is 3. The highest BCUT2D eigenvalue weighted by atomic mass is 16.6. The van der Waals surface area contributed by atoms with Gasteiger partial charge in [-0.1, -0.05) is 6.07 Å². The number of nitro benzene ring substituents is 1. The van der Waals surface area contributed by atoms with Gasteiger partial charge in [-0.25, -0.2) is 4.98 Å². The summed E-state index contributed by atoms with van der Waals surface area (Å²) in [5.74, 6) is 0.581. The zero-order valence-electron chi connectivity index (χ0n) is 10.3. The fourth-order valence-corrected chi connectivity index (χ4v) is 2.08. The maximum atomic E-state index is 11.0. The number of benzene rings is 1. The van der Waals surface area contributed by atoms with Crippen molar-refractivity contribution in [3.05, 3.63) is 64.5 Å². The number of non-ortho nitro benzene ring substituents is 1. The summed E-state index contributed by atoms with van der Waals surface area (Å²) in [6.07, 6.45) is 2.50. The Balaban J connectivity index is 2.19. The third-order valence-corrected chi connectivity index (χ3v) is 3.02. The average Bonchev–Trinajstić information content (AvgIpc) is 2.86. The first-order chi connectivity index (χ1) is 9.70. The normalized spacial score (nSPS) is 10.6. The number of fused-ring (bicyclic) bond motifs is 1. The van der Waals surface area contributed by atoms with Crippen molar-refractivity contribution in [2.24, 2.45) is 0 Å². The molecule has 0 aliphatic carbocycles. The van der Waals surface area contributed by atoms with E-state index in [2.05, 4.69) is 4.98 Å². The zero-order valence-corrected chi connectivity index (χ0v) is 10.3. The van der Waals surface area contributed by atoms with Crippen molar-refractivity contribution in [2.75, 3.05) is 0 Å². The van der Waals surface area contributed by atoms with Crippen LogP contribution in [0.15, 0.2) is 48.7 Å². The fourth-order valence-electron chi connectivity index (χ4n) is 2.08. The molecule has 0 saturated carbocycles. The lowest BCUT2D eigenvalue weighted by molar-refractivity contribution is -0.384. The lowest BCUT2D eigenvalue weighted by Gasteiger charge is -2.00. The smallest absolute Gasteiger partial charge is 0.269 e. The van der Waals surface area contributed by atoms with Gasteiger partial charge in [-0.15, -0.1) is 0 Å². The van der Waals surface area contributed by atoms with Gasteiger partial charge in [0.15, 0.2) is 6.29 Å². The molecule has 0 N–H and O–H groups in total. The van der Waals surface area contributed by atoms with Crippen LogP contribution in [0.2, 0.25) is 0 Å². The third kappa shape index (κ3) is 1.83. The van der Waals surface area contributed by atoms with Gasteiger partial charge in [0, 0.05) is 23.9 Å². The minimum atomic E-state index is -0.454. The number of nitro groups is 1. The van der Waals surface area contributed by atoms with Crippen molar-refractivity contribution in [1.29, 1.82) is 0 Å². The van der Waals surface area contributed by atoms with E-state index in [1.165, 1.54) is 12.1 Å². The minimum absolute atomic E-state index is 0.0187. The number of nitrogens with zero attached hydrogens (tertiary/aromatic N) is 3. The molecule has 0 atom stereocenters. The number of aldehydes is 1. The standard InChI is InChI=1S/C14H9N3O3/c18-9-12-13-3-1-2-8-16(13)14(15-12)10-4-6-11(7-5-10)17(19)20/h1-9H. The molecule has 3 aromatic rings. The topological polar surface area (TPSA) is 77.5 Å². The first-order valence-corrected chi connectivity index (χ1v) is 5.88. The van der Waals surface area contributed by atoms with Crippen molar-refractivity contribution in [2.45, 2.75) is 0 Å². The van der Waals surface area contributed by atoms with Crippen LogP contribution >= 0.6 is 0 Å². The Morgan fingerprint density at radius 3 is 2.55 bits per heavy atom. The summed E-state index contributed by atoms with van der Waals surface area (Å²) < 4.78 is 1.78. The predicted octanol–water partition coefficient (Wildman–Crippen LogP) is 2.72. The van der Waals surface area contributed by atoms with Gasteiger partial charge in [-0.3, -0.25) is 19.3 Å². The molecule has 0 amide bonds. The summed E-state index contributed by atoms with van der Waals surface area (Å²) in [5, 5.41) is 10.6. The van der Waals surface area contributed by atoms with Crippen LogP contribution in [0, 0.1) is 10.1 Å². The van der Waals surface area contributed by atoms with Crippen molar-refractivity contribution in [1.82, 2.24) is 9.38 Å². The summed E-state index contributed by atoms with van der Waals surface area (Å²) in [5.41, 5.74) is 1.78. The fraction of sp³-hybridized carbons (Fsp3) is 0. The molecule has 2 heterocycles. The van der Waals surface area contributed by atoms with Crippen LogP contribution in [0.5, 0.6) is 0 Å². The van der Waals surface area contributed by atoms with Gasteiger partial charge in [0.05, 0.1) is 10.4 Å². The van der Waals surface area contributed by atoms with Gasteiger partial charge in [0.2, 0.25) is 0 Å². The van der Waals surface area contributed by atoms with Gasteiger partial charge in [0.25, 0.3) is 5.69 Å². The number of hydrogen-bond donors (Lipinski definition) is 0. The summed E-state index contributed by atoms with van der Waals surface area (Å²) in [7, 11) is 0. The highest BCUT2D eigenvalue weighted by Gasteiger charge is 2.12. The molecular formula is C14H9N3O3. The van der Waals surface area contributed by atoms with Crippen LogP contribution in [0.3, 0.4) is 0 Å². The van der Waals surface area contributed by atoms with Gasteiger partial charge in [-0.2, -0.15) is 0 Å². The van der Waals surface area contributed by atoms with Crippen molar-refractivity contribution in [3.63, 3.8) is 0 Å². The molecule has 0 unspecified atom stereocenters. The molecule has 20 heavy (non-hydrogen) atoms. The van der Waals surface area contributed by atoms with E-state index < -0.39 is 4.92 Å². The summed E-state index contributed by atoms with van der Waals surface area (Å²) >= 11 is 0. The van der Waals surface area contributed by atoms with Crippen molar-refractivity contribution < 1.29 is 9.72 Å². The zero-order chi connectivity index (χ0) is 14.1. The number of pyridine rings is 1. The largest absolute Gasteiger partial charge is 0.299 e. The molecular weight excluding hydrogens is 258 g/mol. The molecule has 1 aromatic carbocycles. The molecule has 0 bridgehead atoms. The van der Waals surface area contributed by atoms with Crippen molar-refractivity contribution >= 4 is 17.5 Å². The molecule has 6 heteroatoms. The Kier molecular flexibility index (Phi) is 2.76. The van der Waals surface area contributed by atoms with E-state index in [4.69, 9.17) is 0 Å². The van der Waals surface area contributed by atoms with Gasteiger partial charge < -0.3 is 0 Å². The Morgan fingerprint density at radius 1 is 1.15 bits per heavy atom. The maximum Gasteiger partial charge on any atom is 0.269 e. The molecule has 0 aliphatic rings. The number of hydrogen-bond acceptors (Lipinski definition) is 4. The molecule has 3 rings (SSSR count). The lowest BCUT2D eigenvalue weighted by atomic mass is 10.2. The first-order valence-electron chi connectivity index (χ1n) is 5.88. The molecule has 98 valence electrons. The second kappa shape index (κ2) is 4.58. The van der Waals surface area contributed by atoms with Crippen LogP contribution in [0.25, 0.3) is 16.9 Å². The molecule has 0 radical (unpaired) electrons. The molecule has 0 saturated heterocycles. The van der Waals surface area contributed by atoms with Gasteiger partial charge in [-0.05, 0) is 24.3 Å². The predicted molar refractivity (Wildman–Crippen MR) is 72.7 cm³/mol. The second-order valence-corrected chi connectivity index (χ2v) is 4.20. The van der Waals surface area contributed by atoms with Crippen LogP contribution in [0.1, 0.15) is 10.5 Å². The Hall–Kier alpha value is -3.02. The molecule has 2 aromatic heterocycles. The monoisotopic (exact) mass is 267 g/mol. The number of carbonyl (C=O) groups is 1. The third-order valence-electron chi connectivity index (χ3n) is 3.02. The van der Waals surface area contributed by atoms with Crippen LogP contribution < -0.4 is 0 Å². The van der Waals surface area contributed by atoms with Crippen molar-refractivity contribution in [3.8, 4) is 11.4 Å². The van der Waals surface area contributed by atoms with E-state index in [9.17, 15) is 14.9 Å². The Bertz CT molecular complexity index is 806.